The molecule has 0 fully saturated rings. The lowest BCUT2D eigenvalue weighted by Gasteiger charge is -2.22. The summed E-state index contributed by atoms with van der Waals surface area (Å²) in [6.45, 7) is 11.2. The first-order chi connectivity index (χ1) is 13.4. The summed E-state index contributed by atoms with van der Waals surface area (Å²) in [6, 6.07) is 0. The molecule has 0 aromatic heterocycles. The summed E-state index contributed by atoms with van der Waals surface area (Å²) < 4.78 is 23.8. The Morgan fingerprint density at radius 1 is 0.536 bits per heavy atom. The predicted molar refractivity (Wildman–Crippen MR) is 142 cm³/mol. The Labute approximate surface area is 197 Å². The van der Waals surface area contributed by atoms with E-state index >= 15 is 0 Å². The van der Waals surface area contributed by atoms with E-state index in [2.05, 4.69) is 27.7 Å². The number of rotatable bonds is 21. The molecule has 0 aliphatic rings. The van der Waals surface area contributed by atoms with Gasteiger partial charge in [-0.2, -0.15) is 0 Å². The Balaban J connectivity index is 4.52. The third-order valence-electron chi connectivity index (χ3n) is 3.26. The molecular formula is C16H36O4P2S6. The molecule has 28 heavy (non-hydrogen) atoms. The minimum Gasteiger partial charge on any atom is -0.321 e. The molecule has 0 unspecified atom stereocenters. The highest BCUT2D eigenvalue weighted by Gasteiger charge is 2.24. The summed E-state index contributed by atoms with van der Waals surface area (Å²) in [5, 5.41) is 0. The van der Waals surface area contributed by atoms with E-state index in [0.717, 1.165) is 51.4 Å². The molecule has 0 aromatic rings. The highest BCUT2D eigenvalue weighted by molar-refractivity contribution is 9.38. The molecule has 0 heterocycles. The fraction of sp³-hybridized carbons (Fsp3) is 1.00. The summed E-state index contributed by atoms with van der Waals surface area (Å²) in [5.74, 6) is 0. The molecular weight excluding hydrogens is 511 g/mol. The van der Waals surface area contributed by atoms with Gasteiger partial charge in [-0.25, -0.2) is 0 Å². The van der Waals surface area contributed by atoms with Gasteiger partial charge in [0.25, 0.3) is 11.4 Å². The Hall–Kier alpha value is 2.54. The second-order valence-electron chi connectivity index (χ2n) is 5.93. The molecule has 0 aliphatic heterocycles. The van der Waals surface area contributed by atoms with Crippen molar-refractivity contribution in [3.8, 4) is 0 Å². The van der Waals surface area contributed by atoms with Gasteiger partial charge in [-0.3, -0.25) is 0 Å². The molecule has 0 atom stereocenters. The SMILES string of the molecule is CCCCOP(=S)(OCCCC)SSSSP(=S)(OCCCC)OCCCC. The van der Waals surface area contributed by atoms with E-state index in [1.165, 1.54) is 20.8 Å². The van der Waals surface area contributed by atoms with Crippen LogP contribution in [-0.4, -0.2) is 26.4 Å². The van der Waals surface area contributed by atoms with Gasteiger partial charge in [-0.1, -0.05) is 53.4 Å². The lowest BCUT2D eigenvalue weighted by atomic mass is 10.4. The van der Waals surface area contributed by atoms with Crippen molar-refractivity contribution >= 4 is 75.5 Å². The molecule has 4 nitrogen and oxygen atoms in total. The molecule has 0 aliphatic carbocycles. The zero-order chi connectivity index (χ0) is 21.1. The van der Waals surface area contributed by atoms with Crippen molar-refractivity contribution in [1.29, 1.82) is 0 Å². The van der Waals surface area contributed by atoms with Gasteiger partial charge in [0, 0.05) is 20.8 Å². The maximum Gasteiger partial charge on any atom is 0.258 e. The average Bonchev–Trinajstić information content (AvgIpc) is 2.66. The van der Waals surface area contributed by atoms with Crippen LogP contribution in [0.15, 0.2) is 0 Å². The average molecular weight is 547 g/mol. The molecule has 0 saturated carbocycles. The van der Waals surface area contributed by atoms with E-state index in [1.807, 2.05) is 0 Å². The minimum atomic E-state index is -2.34. The van der Waals surface area contributed by atoms with Crippen molar-refractivity contribution in [1.82, 2.24) is 0 Å². The van der Waals surface area contributed by atoms with E-state index in [1.54, 1.807) is 19.7 Å². The van der Waals surface area contributed by atoms with Crippen molar-refractivity contribution in [2.75, 3.05) is 26.4 Å². The number of hydrogen-bond donors (Lipinski definition) is 0. The molecule has 0 rings (SSSR count). The standard InChI is InChI=1S/C16H36O4P2S6/c1-5-9-13-17-21(23,18-14-10-6-2)25-27-28-26-22(24,19-15-11-7-3)20-16-12-8-4/h5-16H2,1-4H3. The van der Waals surface area contributed by atoms with Crippen LogP contribution < -0.4 is 0 Å². The van der Waals surface area contributed by atoms with E-state index in [9.17, 15) is 0 Å². The minimum absolute atomic E-state index is 0.656. The summed E-state index contributed by atoms with van der Waals surface area (Å²) in [6.07, 6.45) is 8.33. The summed E-state index contributed by atoms with van der Waals surface area (Å²) in [5.41, 5.74) is -4.67. The molecule has 12 heteroatoms. The zero-order valence-electron chi connectivity index (χ0n) is 17.5. The van der Waals surface area contributed by atoms with Crippen LogP contribution >= 0.6 is 51.9 Å². The Kier molecular flexibility index (Phi) is 22.0. The van der Waals surface area contributed by atoms with E-state index in [0.29, 0.717) is 26.4 Å². The van der Waals surface area contributed by atoms with Gasteiger partial charge in [0.15, 0.2) is 0 Å². The van der Waals surface area contributed by atoms with E-state index in [-0.39, 0.29) is 0 Å². The highest BCUT2D eigenvalue weighted by atomic mass is 33.8. The molecule has 170 valence electrons. The third kappa shape index (κ3) is 17.1. The van der Waals surface area contributed by atoms with Crippen LogP contribution in [0.4, 0.5) is 0 Å². The first-order valence-electron chi connectivity index (χ1n) is 9.94. The molecule has 0 amide bonds. The fourth-order valence-corrected chi connectivity index (χ4v) is 23.1. The normalized spacial score (nSPS) is 12.6. The number of unbranched alkanes of at least 4 members (excludes halogenated alkanes) is 4. The van der Waals surface area contributed by atoms with Crippen LogP contribution in [-0.2, 0) is 41.7 Å². The van der Waals surface area contributed by atoms with Crippen LogP contribution in [0.2, 0.25) is 0 Å². The first kappa shape index (κ1) is 30.5. The maximum absolute atomic E-state index is 5.95. The lowest BCUT2D eigenvalue weighted by molar-refractivity contribution is 0.253. The Morgan fingerprint density at radius 3 is 1.00 bits per heavy atom. The van der Waals surface area contributed by atoms with Gasteiger partial charge in [-0.05, 0) is 68.9 Å². The molecule has 0 saturated heterocycles. The monoisotopic (exact) mass is 546 g/mol. The van der Waals surface area contributed by atoms with Gasteiger partial charge < -0.3 is 18.1 Å². The summed E-state index contributed by atoms with van der Waals surface area (Å²) >= 11 is 11.4. The van der Waals surface area contributed by atoms with E-state index < -0.39 is 11.4 Å². The van der Waals surface area contributed by atoms with Crippen molar-refractivity contribution in [2.24, 2.45) is 0 Å². The topological polar surface area (TPSA) is 36.9 Å². The van der Waals surface area contributed by atoms with Crippen molar-refractivity contribution < 1.29 is 18.1 Å². The van der Waals surface area contributed by atoms with Crippen LogP contribution in [0.25, 0.3) is 0 Å². The Morgan fingerprint density at radius 2 is 0.786 bits per heavy atom. The van der Waals surface area contributed by atoms with Gasteiger partial charge in [0.2, 0.25) is 0 Å². The summed E-state index contributed by atoms with van der Waals surface area (Å²) in [7, 11) is 6.19. The van der Waals surface area contributed by atoms with Crippen molar-refractivity contribution in [2.45, 2.75) is 79.1 Å². The molecule has 0 N–H and O–H groups in total. The molecule has 0 spiro atoms. The molecule has 0 bridgehead atoms. The number of hydrogen-bond acceptors (Lipinski definition) is 10. The van der Waals surface area contributed by atoms with Crippen LogP contribution in [0.5, 0.6) is 0 Å². The smallest absolute Gasteiger partial charge is 0.258 e. The largest absolute Gasteiger partial charge is 0.321 e. The summed E-state index contributed by atoms with van der Waals surface area (Å²) in [4.78, 5) is 0. The highest BCUT2D eigenvalue weighted by Crippen LogP contribution is 2.75. The van der Waals surface area contributed by atoms with Crippen molar-refractivity contribution in [3.63, 3.8) is 0 Å². The predicted octanol–water partition coefficient (Wildman–Crippen LogP) is 9.38. The lowest BCUT2D eigenvalue weighted by Crippen LogP contribution is -1.96. The van der Waals surface area contributed by atoms with Crippen molar-refractivity contribution in [3.05, 3.63) is 0 Å². The molecule has 0 radical (unpaired) electrons. The second-order valence-corrected chi connectivity index (χ2v) is 23.3. The zero-order valence-corrected chi connectivity index (χ0v) is 24.2. The second kappa shape index (κ2) is 20.2. The molecule has 0 aromatic carbocycles. The van der Waals surface area contributed by atoms with Crippen LogP contribution in [0, 0.1) is 0 Å². The van der Waals surface area contributed by atoms with Crippen LogP contribution in [0.1, 0.15) is 79.1 Å². The van der Waals surface area contributed by atoms with Crippen LogP contribution in [0.3, 0.4) is 0 Å². The fourth-order valence-electron chi connectivity index (χ4n) is 1.54. The first-order valence-corrected chi connectivity index (χ1v) is 21.2. The van der Waals surface area contributed by atoms with E-state index in [4.69, 9.17) is 41.7 Å². The van der Waals surface area contributed by atoms with Gasteiger partial charge in [0.1, 0.15) is 0 Å². The van der Waals surface area contributed by atoms with Gasteiger partial charge in [-0.15, -0.1) is 0 Å². The quantitative estimate of drug-likeness (QED) is 0.0789. The third-order valence-corrected chi connectivity index (χ3v) is 22.9. The van der Waals surface area contributed by atoms with Gasteiger partial charge >= 0.3 is 0 Å². The maximum atomic E-state index is 5.95. The Bertz CT molecular complexity index is 391. The van der Waals surface area contributed by atoms with Gasteiger partial charge in [0.05, 0.1) is 26.4 Å².